The van der Waals surface area contributed by atoms with Crippen molar-refractivity contribution in [1.29, 1.82) is 0 Å². The monoisotopic (exact) mass is 289 g/mol. The zero-order valence-corrected chi connectivity index (χ0v) is 12.6. The molecule has 1 N–H and O–H groups in total. The molecular weight excluding hydrogens is 270 g/mol. The minimum atomic E-state index is 0.168. The molecule has 1 unspecified atom stereocenters. The summed E-state index contributed by atoms with van der Waals surface area (Å²) in [6.07, 6.45) is 1.01. The Kier molecular flexibility index (Phi) is 3.94. The Bertz CT molecular complexity index is 594. The fourth-order valence-electron chi connectivity index (χ4n) is 2.63. The van der Waals surface area contributed by atoms with E-state index in [0.29, 0.717) is 0 Å². The maximum atomic E-state index is 5.84. The van der Waals surface area contributed by atoms with E-state index in [1.54, 1.807) is 18.4 Å². The molecule has 2 aromatic rings. The van der Waals surface area contributed by atoms with Gasteiger partial charge in [-0.05, 0) is 18.2 Å². The van der Waals surface area contributed by atoms with Crippen molar-refractivity contribution >= 4 is 11.3 Å². The first-order valence-electron chi connectivity index (χ1n) is 6.94. The topological polar surface area (TPSA) is 30.5 Å². The normalized spacial score (nSPS) is 14.7. The number of thiophene rings is 1. The zero-order valence-electron chi connectivity index (χ0n) is 11.8. The van der Waals surface area contributed by atoms with Gasteiger partial charge in [-0.1, -0.05) is 25.1 Å². The Hall–Kier alpha value is -1.52. The third-order valence-electron chi connectivity index (χ3n) is 3.58. The lowest BCUT2D eigenvalue weighted by atomic mass is 10.0. The summed E-state index contributed by atoms with van der Waals surface area (Å²) < 4.78 is 11.1. The molecule has 0 radical (unpaired) electrons. The van der Waals surface area contributed by atoms with Gasteiger partial charge in [-0.15, -0.1) is 11.3 Å². The molecule has 1 aliphatic heterocycles. The molecule has 0 spiro atoms. The van der Waals surface area contributed by atoms with Gasteiger partial charge in [-0.3, -0.25) is 0 Å². The number of nitrogens with one attached hydrogen (secondary N) is 1. The van der Waals surface area contributed by atoms with Crippen LogP contribution in [0.5, 0.6) is 11.5 Å². The van der Waals surface area contributed by atoms with E-state index in [0.717, 1.165) is 31.1 Å². The molecule has 1 aromatic carbocycles. The van der Waals surface area contributed by atoms with Crippen molar-refractivity contribution < 1.29 is 9.47 Å². The van der Waals surface area contributed by atoms with Gasteiger partial charge >= 0.3 is 0 Å². The van der Waals surface area contributed by atoms with Gasteiger partial charge in [-0.2, -0.15) is 0 Å². The maximum absolute atomic E-state index is 5.84. The van der Waals surface area contributed by atoms with Crippen LogP contribution in [0.1, 0.15) is 29.0 Å². The number of hydrogen-bond donors (Lipinski definition) is 1. The van der Waals surface area contributed by atoms with E-state index in [2.05, 4.69) is 36.5 Å². The molecule has 1 atom stereocenters. The van der Waals surface area contributed by atoms with Gasteiger partial charge in [0.1, 0.15) is 11.5 Å². The summed E-state index contributed by atoms with van der Waals surface area (Å²) in [6, 6.07) is 8.71. The molecule has 0 bridgehead atoms. The van der Waals surface area contributed by atoms with Gasteiger partial charge < -0.3 is 14.8 Å². The largest absolute Gasteiger partial charge is 0.496 e. The van der Waals surface area contributed by atoms with Crippen molar-refractivity contribution in [2.45, 2.75) is 19.4 Å². The zero-order chi connectivity index (χ0) is 13.9. The molecule has 3 nitrogen and oxygen atoms in total. The Labute approximate surface area is 123 Å². The van der Waals surface area contributed by atoms with E-state index < -0.39 is 0 Å². The van der Waals surface area contributed by atoms with Gasteiger partial charge in [-0.25, -0.2) is 0 Å². The number of hydrogen-bond acceptors (Lipinski definition) is 4. The van der Waals surface area contributed by atoms with E-state index in [1.807, 2.05) is 5.38 Å². The summed E-state index contributed by atoms with van der Waals surface area (Å²) in [6.45, 7) is 3.83. The summed E-state index contributed by atoms with van der Waals surface area (Å²) in [5, 5.41) is 5.60. The van der Waals surface area contributed by atoms with Crippen molar-refractivity contribution in [2.75, 3.05) is 20.3 Å². The average molecular weight is 289 g/mol. The summed E-state index contributed by atoms with van der Waals surface area (Å²) in [7, 11) is 1.71. The van der Waals surface area contributed by atoms with Gasteiger partial charge in [0.25, 0.3) is 0 Å². The summed E-state index contributed by atoms with van der Waals surface area (Å²) >= 11 is 1.72. The molecule has 2 heterocycles. The van der Waals surface area contributed by atoms with Crippen LogP contribution in [0, 0.1) is 0 Å². The van der Waals surface area contributed by atoms with Gasteiger partial charge in [0, 0.05) is 22.2 Å². The first-order valence-corrected chi connectivity index (χ1v) is 7.81. The third-order valence-corrected chi connectivity index (χ3v) is 4.56. The van der Waals surface area contributed by atoms with Crippen LogP contribution in [0.4, 0.5) is 0 Å². The van der Waals surface area contributed by atoms with E-state index in [4.69, 9.17) is 9.47 Å². The first kappa shape index (κ1) is 13.5. The second-order valence-corrected chi connectivity index (χ2v) is 5.76. The highest BCUT2D eigenvalue weighted by Gasteiger charge is 2.24. The van der Waals surface area contributed by atoms with Crippen LogP contribution in [-0.2, 0) is 6.42 Å². The van der Waals surface area contributed by atoms with Crippen LogP contribution in [0.3, 0.4) is 0 Å². The minimum Gasteiger partial charge on any atom is -0.496 e. The molecular formula is C16H19NO2S. The average Bonchev–Trinajstić information content (AvgIpc) is 3.12. The van der Waals surface area contributed by atoms with Gasteiger partial charge in [0.15, 0.2) is 0 Å². The molecule has 1 aliphatic rings. The van der Waals surface area contributed by atoms with Crippen molar-refractivity contribution in [2.24, 2.45) is 0 Å². The van der Waals surface area contributed by atoms with E-state index in [-0.39, 0.29) is 6.04 Å². The second-order valence-electron chi connectivity index (χ2n) is 4.81. The van der Waals surface area contributed by atoms with Crippen LogP contribution in [-0.4, -0.2) is 20.3 Å². The molecule has 106 valence electrons. The lowest BCUT2D eigenvalue weighted by Gasteiger charge is -2.19. The van der Waals surface area contributed by atoms with Crippen LogP contribution < -0.4 is 14.8 Å². The maximum Gasteiger partial charge on any atom is 0.129 e. The lowest BCUT2D eigenvalue weighted by Crippen LogP contribution is -2.21. The highest BCUT2D eigenvalue weighted by atomic mass is 32.1. The highest BCUT2D eigenvalue weighted by molar-refractivity contribution is 7.10. The first-order chi connectivity index (χ1) is 9.83. The lowest BCUT2D eigenvalue weighted by molar-refractivity contribution is 0.350. The second kappa shape index (κ2) is 5.85. The van der Waals surface area contributed by atoms with Crippen molar-refractivity contribution in [3.8, 4) is 11.5 Å². The van der Waals surface area contributed by atoms with Crippen molar-refractivity contribution in [3.05, 3.63) is 45.6 Å². The summed E-state index contributed by atoms with van der Waals surface area (Å²) in [4.78, 5) is 1.26. The van der Waals surface area contributed by atoms with Crippen LogP contribution in [0.15, 0.2) is 29.6 Å². The number of rotatable bonds is 5. The molecule has 0 saturated heterocycles. The Morgan fingerprint density at radius 1 is 1.45 bits per heavy atom. The number of ether oxygens (including phenoxy) is 2. The number of methoxy groups -OCH3 is 1. The molecule has 3 rings (SSSR count). The Morgan fingerprint density at radius 3 is 3.10 bits per heavy atom. The number of fused-ring (bicyclic) bond motifs is 1. The van der Waals surface area contributed by atoms with Crippen LogP contribution in [0.25, 0.3) is 0 Å². The van der Waals surface area contributed by atoms with E-state index >= 15 is 0 Å². The van der Waals surface area contributed by atoms with Crippen molar-refractivity contribution in [3.63, 3.8) is 0 Å². The number of benzene rings is 1. The number of para-hydroxylation sites is 1. The van der Waals surface area contributed by atoms with E-state index in [1.165, 1.54) is 16.0 Å². The molecule has 0 aliphatic carbocycles. The predicted octanol–water partition coefficient (Wildman–Crippen LogP) is 3.39. The minimum absolute atomic E-state index is 0.168. The van der Waals surface area contributed by atoms with Gasteiger partial charge in [0.2, 0.25) is 0 Å². The quantitative estimate of drug-likeness (QED) is 0.915. The predicted molar refractivity (Wildman–Crippen MR) is 82.0 cm³/mol. The van der Waals surface area contributed by atoms with Gasteiger partial charge in [0.05, 0.1) is 19.8 Å². The highest BCUT2D eigenvalue weighted by Crippen LogP contribution is 2.38. The van der Waals surface area contributed by atoms with Crippen molar-refractivity contribution in [1.82, 2.24) is 5.32 Å². The smallest absolute Gasteiger partial charge is 0.129 e. The fourth-order valence-corrected chi connectivity index (χ4v) is 3.58. The molecule has 4 heteroatoms. The molecule has 0 amide bonds. The Morgan fingerprint density at radius 2 is 2.35 bits per heavy atom. The fraction of sp³-hybridized carbons (Fsp3) is 0.375. The molecule has 1 aromatic heterocycles. The summed E-state index contributed by atoms with van der Waals surface area (Å²) in [5.41, 5.74) is 2.54. The van der Waals surface area contributed by atoms with Crippen LogP contribution >= 0.6 is 11.3 Å². The standard InChI is InChI=1S/C16H19NO2S/c1-3-17-15(14-9-12(18-2)10-20-14)13-6-4-5-11-7-8-19-16(11)13/h4-6,9-10,15,17H,3,7-8H2,1-2H3. The van der Waals surface area contributed by atoms with E-state index in [9.17, 15) is 0 Å². The molecule has 20 heavy (non-hydrogen) atoms. The third kappa shape index (κ3) is 2.41. The molecule has 0 fully saturated rings. The SMILES string of the molecule is CCNC(c1cc(OC)cs1)c1cccc2c1OCC2. The Balaban J connectivity index is 2.00. The summed E-state index contributed by atoms with van der Waals surface area (Å²) in [5.74, 6) is 1.98. The van der Waals surface area contributed by atoms with Crippen LogP contribution in [0.2, 0.25) is 0 Å². The molecule has 0 saturated carbocycles.